The number of carbonyl (C=O) groups is 1. The van der Waals surface area contributed by atoms with Gasteiger partial charge in [0.25, 0.3) is 5.91 Å². The Morgan fingerprint density at radius 3 is 2.80 bits per heavy atom. The number of nitrogens with zero attached hydrogens (tertiary/aromatic N) is 2. The third-order valence-corrected chi connectivity index (χ3v) is 3.06. The first-order valence-corrected chi connectivity index (χ1v) is 6.34. The van der Waals surface area contributed by atoms with Gasteiger partial charge in [-0.05, 0) is 38.5 Å². The number of nitrogens with two attached hydrogens (primary N) is 1. The monoisotopic (exact) mass is 276 g/mol. The predicted molar refractivity (Wildman–Crippen MR) is 76.1 cm³/mol. The van der Waals surface area contributed by atoms with Crippen molar-refractivity contribution in [2.45, 2.75) is 27.3 Å². The summed E-state index contributed by atoms with van der Waals surface area (Å²) in [5, 5.41) is 6.71. The number of hydrogen-bond acceptors (Lipinski definition) is 3. The molecule has 0 saturated carbocycles. The number of nitrogens with one attached hydrogen (secondary N) is 1. The Bertz CT molecular complexity index is 663. The van der Waals surface area contributed by atoms with Crippen LogP contribution in [0.1, 0.15) is 28.7 Å². The van der Waals surface area contributed by atoms with Crippen molar-refractivity contribution in [3.8, 4) is 0 Å². The predicted octanol–water partition coefficient (Wildman–Crippen LogP) is 2.49. The van der Waals surface area contributed by atoms with Gasteiger partial charge in [0.2, 0.25) is 0 Å². The lowest BCUT2D eigenvalue weighted by Crippen LogP contribution is -2.19. The number of anilines is 2. The SMILES string of the molecule is CCn1nc(C)c(N)c1C(=O)Nc1cc(C)ccc1F. The number of rotatable bonds is 3. The van der Waals surface area contributed by atoms with E-state index in [2.05, 4.69) is 10.4 Å². The number of aryl methyl sites for hydroxylation is 3. The summed E-state index contributed by atoms with van der Waals surface area (Å²) in [6.45, 7) is 5.92. The lowest BCUT2D eigenvalue weighted by Gasteiger charge is -2.09. The summed E-state index contributed by atoms with van der Waals surface area (Å²) in [7, 11) is 0. The third-order valence-electron chi connectivity index (χ3n) is 3.06. The van der Waals surface area contributed by atoms with E-state index in [-0.39, 0.29) is 11.4 Å². The Kier molecular flexibility index (Phi) is 3.74. The summed E-state index contributed by atoms with van der Waals surface area (Å²) in [6, 6.07) is 4.53. The van der Waals surface area contributed by atoms with Gasteiger partial charge in [-0.1, -0.05) is 6.07 Å². The van der Waals surface area contributed by atoms with Crippen molar-refractivity contribution < 1.29 is 9.18 Å². The molecule has 2 aromatic rings. The van der Waals surface area contributed by atoms with Crippen molar-refractivity contribution in [3.05, 3.63) is 41.0 Å². The summed E-state index contributed by atoms with van der Waals surface area (Å²) >= 11 is 0. The molecule has 1 aromatic heterocycles. The van der Waals surface area contributed by atoms with Crippen LogP contribution in [0, 0.1) is 19.7 Å². The van der Waals surface area contributed by atoms with Crippen LogP contribution >= 0.6 is 0 Å². The lowest BCUT2D eigenvalue weighted by atomic mass is 10.2. The van der Waals surface area contributed by atoms with E-state index < -0.39 is 11.7 Å². The molecule has 0 spiro atoms. The number of aromatic nitrogens is 2. The van der Waals surface area contributed by atoms with Gasteiger partial charge >= 0.3 is 0 Å². The first-order chi connectivity index (χ1) is 9.43. The standard InChI is InChI=1S/C14H17FN4O/c1-4-19-13(12(16)9(3)18-19)14(20)17-11-7-8(2)5-6-10(11)15/h5-7H,4,16H2,1-3H3,(H,17,20). The molecule has 0 fully saturated rings. The van der Waals surface area contributed by atoms with Crippen molar-refractivity contribution in [2.24, 2.45) is 0 Å². The van der Waals surface area contributed by atoms with Crippen LogP contribution in [0.5, 0.6) is 0 Å². The Balaban J connectivity index is 2.35. The van der Waals surface area contributed by atoms with Gasteiger partial charge in [0.15, 0.2) is 0 Å². The average molecular weight is 276 g/mol. The second kappa shape index (κ2) is 5.32. The van der Waals surface area contributed by atoms with Crippen LogP contribution in [-0.2, 0) is 6.54 Å². The fourth-order valence-corrected chi connectivity index (χ4v) is 1.98. The summed E-state index contributed by atoms with van der Waals surface area (Å²) < 4.78 is 15.2. The van der Waals surface area contributed by atoms with Crippen molar-refractivity contribution in [1.82, 2.24) is 9.78 Å². The molecule has 0 aliphatic heterocycles. The highest BCUT2D eigenvalue weighted by molar-refractivity contribution is 6.06. The maximum atomic E-state index is 13.7. The van der Waals surface area contributed by atoms with Crippen LogP contribution in [-0.4, -0.2) is 15.7 Å². The van der Waals surface area contributed by atoms with Gasteiger partial charge in [-0.2, -0.15) is 5.10 Å². The molecule has 106 valence electrons. The smallest absolute Gasteiger partial charge is 0.276 e. The molecule has 6 heteroatoms. The number of amides is 1. The summed E-state index contributed by atoms with van der Waals surface area (Å²) in [5.74, 6) is -0.948. The van der Waals surface area contributed by atoms with Crippen molar-refractivity contribution in [3.63, 3.8) is 0 Å². The highest BCUT2D eigenvalue weighted by atomic mass is 19.1. The van der Waals surface area contributed by atoms with Crippen LogP contribution in [0.25, 0.3) is 0 Å². The van der Waals surface area contributed by atoms with Crippen LogP contribution in [0.15, 0.2) is 18.2 Å². The van der Waals surface area contributed by atoms with Crippen molar-refractivity contribution in [2.75, 3.05) is 11.1 Å². The zero-order valence-corrected chi connectivity index (χ0v) is 11.7. The number of hydrogen-bond donors (Lipinski definition) is 2. The summed E-state index contributed by atoms with van der Waals surface area (Å²) in [5.41, 5.74) is 8.01. The molecule has 0 radical (unpaired) electrons. The summed E-state index contributed by atoms with van der Waals surface area (Å²) in [6.07, 6.45) is 0. The fourth-order valence-electron chi connectivity index (χ4n) is 1.98. The Hall–Kier alpha value is -2.37. The maximum absolute atomic E-state index is 13.7. The molecule has 0 unspecified atom stereocenters. The van der Waals surface area contributed by atoms with Gasteiger partial charge in [-0.15, -0.1) is 0 Å². The zero-order valence-electron chi connectivity index (χ0n) is 11.7. The highest BCUT2D eigenvalue weighted by Gasteiger charge is 2.20. The Labute approximate surface area is 116 Å². The molecule has 0 aliphatic rings. The first-order valence-electron chi connectivity index (χ1n) is 6.34. The molecular formula is C14H17FN4O. The molecule has 1 aromatic carbocycles. The van der Waals surface area contributed by atoms with Gasteiger partial charge in [0, 0.05) is 6.54 Å². The molecule has 20 heavy (non-hydrogen) atoms. The molecule has 1 heterocycles. The van der Waals surface area contributed by atoms with Gasteiger partial charge in [-0.3, -0.25) is 9.48 Å². The summed E-state index contributed by atoms with van der Waals surface area (Å²) in [4.78, 5) is 12.3. The second-order valence-corrected chi connectivity index (χ2v) is 4.60. The van der Waals surface area contributed by atoms with Crippen molar-refractivity contribution in [1.29, 1.82) is 0 Å². The van der Waals surface area contributed by atoms with Gasteiger partial charge < -0.3 is 11.1 Å². The van der Waals surface area contributed by atoms with Crippen LogP contribution in [0.3, 0.4) is 0 Å². The van der Waals surface area contributed by atoms with E-state index in [1.54, 1.807) is 19.1 Å². The molecule has 0 saturated heterocycles. The third kappa shape index (κ3) is 2.49. The largest absolute Gasteiger partial charge is 0.395 e. The quantitative estimate of drug-likeness (QED) is 0.904. The van der Waals surface area contributed by atoms with Gasteiger partial charge in [0.1, 0.15) is 11.5 Å². The highest BCUT2D eigenvalue weighted by Crippen LogP contribution is 2.20. The van der Waals surface area contributed by atoms with E-state index in [0.717, 1.165) is 5.56 Å². The van der Waals surface area contributed by atoms with Crippen LogP contribution in [0.2, 0.25) is 0 Å². The van der Waals surface area contributed by atoms with E-state index in [1.807, 2.05) is 13.8 Å². The number of nitrogen functional groups attached to an aromatic ring is 1. The minimum atomic E-state index is -0.484. The topological polar surface area (TPSA) is 72.9 Å². The first kappa shape index (κ1) is 14.0. The normalized spacial score (nSPS) is 10.6. The second-order valence-electron chi connectivity index (χ2n) is 4.60. The van der Waals surface area contributed by atoms with E-state index in [9.17, 15) is 9.18 Å². The van der Waals surface area contributed by atoms with Crippen LogP contribution < -0.4 is 11.1 Å². The molecule has 0 bridgehead atoms. The molecule has 0 aliphatic carbocycles. The van der Waals surface area contributed by atoms with E-state index in [0.29, 0.717) is 17.9 Å². The molecule has 3 N–H and O–H groups in total. The van der Waals surface area contributed by atoms with E-state index in [4.69, 9.17) is 5.73 Å². The Morgan fingerprint density at radius 2 is 2.15 bits per heavy atom. The maximum Gasteiger partial charge on any atom is 0.276 e. The van der Waals surface area contributed by atoms with Crippen molar-refractivity contribution >= 4 is 17.3 Å². The molecule has 5 nitrogen and oxygen atoms in total. The number of carbonyl (C=O) groups excluding carboxylic acids is 1. The number of halogens is 1. The van der Waals surface area contributed by atoms with E-state index in [1.165, 1.54) is 10.7 Å². The minimum absolute atomic E-state index is 0.135. The average Bonchev–Trinajstić information content (AvgIpc) is 2.69. The molecule has 2 rings (SSSR count). The lowest BCUT2D eigenvalue weighted by molar-refractivity contribution is 0.101. The van der Waals surface area contributed by atoms with Gasteiger partial charge in [-0.25, -0.2) is 4.39 Å². The molecular weight excluding hydrogens is 259 g/mol. The zero-order chi connectivity index (χ0) is 14.9. The van der Waals surface area contributed by atoms with Gasteiger partial charge in [0.05, 0.1) is 17.1 Å². The van der Waals surface area contributed by atoms with E-state index >= 15 is 0 Å². The number of benzene rings is 1. The Morgan fingerprint density at radius 1 is 1.45 bits per heavy atom. The molecule has 0 atom stereocenters. The minimum Gasteiger partial charge on any atom is -0.395 e. The molecule has 1 amide bonds. The fraction of sp³-hybridized carbons (Fsp3) is 0.286. The van der Waals surface area contributed by atoms with Crippen LogP contribution in [0.4, 0.5) is 15.8 Å².